The van der Waals surface area contributed by atoms with Gasteiger partial charge in [-0.15, -0.1) is 0 Å². The van der Waals surface area contributed by atoms with Crippen molar-refractivity contribution >= 4 is 5.82 Å². The lowest BCUT2D eigenvalue weighted by Crippen LogP contribution is -2.28. The highest BCUT2D eigenvalue weighted by atomic mass is 15.1. The Labute approximate surface area is 104 Å². The average Bonchev–Trinajstić information content (AvgIpc) is 2.38. The van der Waals surface area contributed by atoms with Crippen LogP contribution in [0.3, 0.4) is 0 Å². The van der Waals surface area contributed by atoms with Gasteiger partial charge in [0.05, 0.1) is 18.1 Å². The standard InChI is InChI=1S/C13H24N4/c1-5-11(3)9-17(6-2)10-12-7-16-13(14-4)8-15-12/h7-8,11H,5-6,9-10H2,1-4H3,(H,14,16). The van der Waals surface area contributed by atoms with Crippen molar-refractivity contribution in [1.29, 1.82) is 0 Å². The van der Waals surface area contributed by atoms with Gasteiger partial charge in [0.2, 0.25) is 0 Å². The van der Waals surface area contributed by atoms with Gasteiger partial charge in [0.1, 0.15) is 5.82 Å². The first-order valence-electron chi connectivity index (χ1n) is 6.40. The number of aromatic nitrogens is 2. The molecule has 1 aromatic rings. The molecule has 0 aliphatic rings. The second kappa shape index (κ2) is 7.22. The summed E-state index contributed by atoms with van der Waals surface area (Å²) < 4.78 is 0. The van der Waals surface area contributed by atoms with Gasteiger partial charge >= 0.3 is 0 Å². The number of hydrogen-bond acceptors (Lipinski definition) is 4. The first-order valence-corrected chi connectivity index (χ1v) is 6.40. The highest BCUT2D eigenvalue weighted by Gasteiger charge is 2.08. The summed E-state index contributed by atoms with van der Waals surface area (Å²) in [6.45, 7) is 9.79. The number of hydrogen-bond donors (Lipinski definition) is 1. The largest absolute Gasteiger partial charge is 0.372 e. The van der Waals surface area contributed by atoms with Crippen molar-refractivity contribution in [3.63, 3.8) is 0 Å². The van der Waals surface area contributed by atoms with E-state index in [2.05, 4.69) is 41.0 Å². The van der Waals surface area contributed by atoms with Crippen molar-refractivity contribution in [2.45, 2.75) is 33.7 Å². The van der Waals surface area contributed by atoms with Gasteiger partial charge in [-0.25, -0.2) is 4.98 Å². The molecule has 1 heterocycles. The molecular weight excluding hydrogens is 212 g/mol. The van der Waals surface area contributed by atoms with E-state index in [0.717, 1.165) is 37.1 Å². The van der Waals surface area contributed by atoms with E-state index in [1.54, 1.807) is 6.20 Å². The van der Waals surface area contributed by atoms with Crippen LogP contribution in [-0.2, 0) is 6.54 Å². The van der Waals surface area contributed by atoms with Crippen molar-refractivity contribution in [3.05, 3.63) is 18.1 Å². The normalized spacial score (nSPS) is 12.8. The smallest absolute Gasteiger partial charge is 0.144 e. The predicted octanol–water partition coefficient (Wildman–Crippen LogP) is 2.39. The summed E-state index contributed by atoms with van der Waals surface area (Å²) in [6, 6.07) is 0. The number of rotatable bonds is 7. The SMILES string of the molecule is CCC(C)CN(CC)Cc1cnc(NC)cn1. The molecule has 17 heavy (non-hydrogen) atoms. The van der Waals surface area contributed by atoms with E-state index in [1.807, 2.05) is 13.2 Å². The summed E-state index contributed by atoms with van der Waals surface area (Å²) in [5, 5.41) is 2.98. The Morgan fingerprint density at radius 3 is 2.53 bits per heavy atom. The molecule has 4 heteroatoms. The molecule has 1 aromatic heterocycles. The average molecular weight is 236 g/mol. The summed E-state index contributed by atoms with van der Waals surface area (Å²) in [6.07, 6.45) is 4.86. The minimum Gasteiger partial charge on any atom is -0.372 e. The quantitative estimate of drug-likeness (QED) is 0.789. The molecule has 1 atom stereocenters. The predicted molar refractivity (Wildman–Crippen MR) is 72.0 cm³/mol. The highest BCUT2D eigenvalue weighted by Crippen LogP contribution is 2.08. The van der Waals surface area contributed by atoms with Crippen LogP contribution in [-0.4, -0.2) is 35.0 Å². The molecule has 0 saturated carbocycles. The molecule has 0 aliphatic heterocycles. The maximum atomic E-state index is 4.40. The maximum absolute atomic E-state index is 4.40. The third-order valence-electron chi connectivity index (χ3n) is 3.06. The lowest BCUT2D eigenvalue weighted by atomic mass is 10.1. The van der Waals surface area contributed by atoms with Crippen LogP contribution in [0.1, 0.15) is 32.9 Å². The zero-order chi connectivity index (χ0) is 12.7. The Morgan fingerprint density at radius 2 is 2.06 bits per heavy atom. The van der Waals surface area contributed by atoms with Crippen LogP contribution in [0.25, 0.3) is 0 Å². The van der Waals surface area contributed by atoms with Gasteiger partial charge in [-0.2, -0.15) is 0 Å². The number of nitrogens with zero attached hydrogens (tertiary/aromatic N) is 3. The number of anilines is 1. The topological polar surface area (TPSA) is 41.1 Å². The first kappa shape index (κ1) is 13.9. The summed E-state index contributed by atoms with van der Waals surface area (Å²) in [4.78, 5) is 11.1. The molecule has 0 saturated heterocycles. The molecule has 96 valence electrons. The van der Waals surface area contributed by atoms with E-state index in [0.29, 0.717) is 0 Å². The lowest BCUT2D eigenvalue weighted by Gasteiger charge is -2.23. The fraction of sp³-hybridized carbons (Fsp3) is 0.692. The Balaban J connectivity index is 2.54. The Bertz CT molecular complexity index is 310. The molecular formula is C13H24N4. The fourth-order valence-electron chi connectivity index (χ4n) is 1.67. The van der Waals surface area contributed by atoms with Crippen LogP contribution in [0.5, 0.6) is 0 Å². The van der Waals surface area contributed by atoms with E-state index in [-0.39, 0.29) is 0 Å². The van der Waals surface area contributed by atoms with E-state index in [1.165, 1.54) is 6.42 Å². The zero-order valence-electron chi connectivity index (χ0n) is 11.4. The minimum atomic E-state index is 0.736. The van der Waals surface area contributed by atoms with Crippen molar-refractivity contribution in [2.75, 3.05) is 25.5 Å². The van der Waals surface area contributed by atoms with Gasteiger partial charge in [-0.1, -0.05) is 27.2 Å². The van der Waals surface area contributed by atoms with Gasteiger partial charge in [0.15, 0.2) is 0 Å². The van der Waals surface area contributed by atoms with Crippen LogP contribution in [0.4, 0.5) is 5.82 Å². The Kier molecular flexibility index (Phi) is 5.91. The second-order valence-corrected chi connectivity index (χ2v) is 4.48. The van der Waals surface area contributed by atoms with Crippen LogP contribution in [0.2, 0.25) is 0 Å². The molecule has 1 unspecified atom stereocenters. The van der Waals surface area contributed by atoms with E-state index >= 15 is 0 Å². The summed E-state index contributed by atoms with van der Waals surface area (Å²) in [5.41, 5.74) is 1.04. The molecule has 0 radical (unpaired) electrons. The molecule has 0 aliphatic carbocycles. The van der Waals surface area contributed by atoms with Gasteiger partial charge in [-0.3, -0.25) is 9.88 Å². The summed E-state index contributed by atoms with van der Waals surface area (Å²) >= 11 is 0. The van der Waals surface area contributed by atoms with Crippen LogP contribution in [0.15, 0.2) is 12.4 Å². The van der Waals surface area contributed by atoms with Gasteiger partial charge in [-0.05, 0) is 12.5 Å². The summed E-state index contributed by atoms with van der Waals surface area (Å²) in [5.74, 6) is 1.55. The first-order chi connectivity index (χ1) is 8.19. The molecule has 0 spiro atoms. The highest BCUT2D eigenvalue weighted by molar-refractivity contribution is 5.29. The van der Waals surface area contributed by atoms with Crippen molar-refractivity contribution in [3.8, 4) is 0 Å². The van der Waals surface area contributed by atoms with Crippen molar-refractivity contribution in [1.82, 2.24) is 14.9 Å². The molecule has 1 N–H and O–H groups in total. The van der Waals surface area contributed by atoms with Gasteiger partial charge < -0.3 is 5.32 Å². The monoisotopic (exact) mass is 236 g/mol. The van der Waals surface area contributed by atoms with Crippen molar-refractivity contribution < 1.29 is 0 Å². The minimum absolute atomic E-state index is 0.736. The van der Waals surface area contributed by atoms with E-state index < -0.39 is 0 Å². The van der Waals surface area contributed by atoms with Gasteiger partial charge in [0, 0.05) is 20.1 Å². The fourth-order valence-corrected chi connectivity index (χ4v) is 1.67. The van der Waals surface area contributed by atoms with Crippen LogP contribution in [0, 0.1) is 5.92 Å². The van der Waals surface area contributed by atoms with Gasteiger partial charge in [0.25, 0.3) is 0 Å². The van der Waals surface area contributed by atoms with Crippen molar-refractivity contribution in [2.24, 2.45) is 5.92 Å². The van der Waals surface area contributed by atoms with E-state index in [9.17, 15) is 0 Å². The third-order valence-corrected chi connectivity index (χ3v) is 3.06. The maximum Gasteiger partial charge on any atom is 0.144 e. The summed E-state index contributed by atoms with van der Waals surface area (Å²) in [7, 11) is 1.85. The molecule has 0 aromatic carbocycles. The lowest BCUT2D eigenvalue weighted by molar-refractivity contribution is 0.235. The Hall–Kier alpha value is -1.16. The molecule has 1 rings (SSSR count). The van der Waals surface area contributed by atoms with Crippen LogP contribution < -0.4 is 5.32 Å². The number of nitrogens with one attached hydrogen (secondary N) is 1. The third kappa shape index (κ3) is 4.69. The molecule has 0 fully saturated rings. The molecule has 0 amide bonds. The zero-order valence-corrected chi connectivity index (χ0v) is 11.4. The van der Waals surface area contributed by atoms with E-state index in [4.69, 9.17) is 0 Å². The Morgan fingerprint density at radius 1 is 1.29 bits per heavy atom. The molecule has 4 nitrogen and oxygen atoms in total. The second-order valence-electron chi connectivity index (χ2n) is 4.48. The molecule has 0 bridgehead atoms. The van der Waals surface area contributed by atoms with Crippen LogP contribution >= 0.6 is 0 Å².